The lowest BCUT2D eigenvalue weighted by Crippen LogP contribution is -2.48. The Bertz CT molecular complexity index is 1270. The van der Waals surface area contributed by atoms with Crippen LogP contribution in [0.3, 0.4) is 0 Å². The summed E-state index contributed by atoms with van der Waals surface area (Å²) in [6.45, 7) is 8.50. The highest BCUT2D eigenvalue weighted by atomic mass is 35.5. The zero-order chi connectivity index (χ0) is 30.7. The molecule has 238 valence electrons. The average Bonchev–Trinajstić information content (AvgIpc) is 3.43. The van der Waals surface area contributed by atoms with Gasteiger partial charge in [-0.15, -0.1) is 12.4 Å². The molecule has 0 aliphatic heterocycles. The third-order valence-electron chi connectivity index (χ3n) is 8.19. The summed E-state index contributed by atoms with van der Waals surface area (Å²) < 4.78 is 5.75. The SMILES string of the molecule is COC(CCCONC(=O)c1ccccc1)CC(CC(N)C(O)CNC(=O)C(C)(C)c1c[nH]c2ccccc12)C(C)C.Cl. The van der Waals surface area contributed by atoms with E-state index in [0.29, 0.717) is 30.9 Å². The maximum absolute atomic E-state index is 13.2. The molecule has 0 bridgehead atoms. The van der Waals surface area contributed by atoms with Crippen molar-refractivity contribution in [2.75, 3.05) is 20.3 Å². The number of aromatic amines is 1. The molecule has 43 heavy (non-hydrogen) atoms. The van der Waals surface area contributed by atoms with Crippen molar-refractivity contribution < 1.29 is 24.3 Å². The second-order valence-corrected chi connectivity index (χ2v) is 11.9. The molecule has 10 heteroatoms. The van der Waals surface area contributed by atoms with Crippen molar-refractivity contribution in [2.45, 2.75) is 77.0 Å². The number of nitrogens with one attached hydrogen (secondary N) is 3. The molecule has 1 heterocycles. The van der Waals surface area contributed by atoms with Crippen molar-refractivity contribution in [1.82, 2.24) is 15.8 Å². The van der Waals surface area contributed by atoms with Crippen molar-refractivity contribution in [2.24, 2.45) is 17.6 Å². The Kier molecular flexibility index (Phi) is 14.6. The first-order chi connectivity index (χ1) is 20.0. The molecule has 0 saturated carbocycles. The van der Waals surface area contributed by atoms with Gasteiger partial charge in [-0.25, -0.2) is 5.48 Å². The number of halogens is 1. The molecule has 0 saturated heterocycles. The molecule has 0 fully saturated rings. The zero-order valence-corrected chi connectivity index (χ0v) is 26.8. The molecular weight excluding hydrogens is 568 g/mol. The second kappa shape index (κ2) is 17.4. The van der Waals surface area contributed by atoms with E-state index in [1.54, 1.807) is 31.4 Å². The fourth-order valence-electron chi connectivity index (χ4n) is 5.25. The zero-order valence-electron chi connectivity index (χ0n) is 26.0. The maximum Gasteiger partial charge on any atom is 0.274 e. The van der Waals surface area contributed by atoms with E-state index in [2.05, 4.69) is 29.6 Å². The summed E-state index contributed by atoms with van der Waals surface area (Å²) >= 11 is 0. The third kappa shape index (κ3) is 10.3. The highest BCUT2D eigenvalue weighted by Crippen LogP contribution is 2.31. The number of para-hydroxylation sites is 1. The standard InChI is InChI=1S/C33H48N4O5.ClH/c1-22(2)24(18-25(41-5)14-11-17-42-37-31(39)23-12-7-6-8-13-23)19-28(34)30(38)21-36-32(40)33(3,4)27-20-35-29-16-10-9-15-26(27)29;/h6-10,12-13,15-16,20,22,24-25,28,30,35,38H,11,14,17-19,21,34H2,1-5H3,(H,36,40)(H,37,39);1H. The number of hydroxylamine groups is 1. The van der Waals surface area contributed by atoms with Crippen molar-refractivity contribution in [3.8, 4) is 0 Å². The van der Waals surface area contributed by atoms with Gasteiger partial charge in [0.2, 0.25) is 5.91 Å². The van der Waals surface area contributed by atoms with Gasteiger partial charge in [0.05, 0.1) is 24.2 Å². The van der Waals surface area contributed by atoms with E-state index >= 15 is 0 Å². The number of hydrogen-bond donors (Lipinski definition) is 5. The first kappa shape index (κ1) is 36.2. The number of aromatic nitrogens is 1. The van der Waals surface area contributed by atoms with Crippen LogP contribution in [0.15, 0.2) is 60.8 Å². The quantitative estimate of drug-likeness (QED) is 0.108. The predicted octanol–water partition coefficient (Wildman–Crippen LogP) is 4.88. The maximum atomic E-state index is 13.2. The highest BCUT2D eigenvalue weighted by Gasteiger charge is 2.33. The Morgan fingerprint density at radius 1 is 1.05 bits per heavy atom. The number of hydrogen-bond acceptors (Lipinski definition) is 6. The lowest BCUT2D eigenvalue weighted by Gasteiger charge is -2.30. The van der Waals surface area contributed by atoms with Crippen LogP contribution < -0.4 is 16.5 Å². The second-order valence-electron chi connectivity index (χ2n) is 11.9. The lowest BCUT2D eigenvalue weighted by atomic mass is 9.82. The first-order valence-electron chi connectivity index (χ1n) is 14.8. The van der Waals surface area contributed by atoms with Gasteiger partial charge in [0.25, 0.3) is 5.91 Å². The third-order valence-corrected chi connectivity index (χ3v) is 8.19. The van der Waals surface area contributed by atoms with Gasteiger partial charge < -0.3 is 25.9 Å². The van der Waals surface area contributed by atoms with Crippen LogP contribution >= 0.6 is 12.4 Å². The van der Waals surface area contributed by atoms with E-state index in [1.807, 2.05) is 50.4 Å². The number of fused-ring (bicyclic) bond motifs is 1. The number of rotatable bonds is 17. The van der Waals surface area contributed by atoms with E-state index in [9.17, 15) is 14.7 Å². The molecule has 6 N–H and O–H groups in total. The number of aliphatic hydroxyl groups is 1. The summed E-state index contributed by atoms with van der Waals surface area (Å²) in [7, 11) is 1.69. The molecule has 4 atom stereocenters. The van der Waals surface area contributed by atoms with Gasteiger partial charge in [0, 0.05) is 42.4 Å². The Balaban J connectivity index is 0.00000645. The number of carbonyl (C=O) groups excluding carboxylic acids is 2. The first-order valence-corrected chi connectivity index (χ1v) is 14.8. The molecule has 0 aliphatic carbocycles. The topological polar surface area (TPSA) is 139 Å². The molecular formula is C33H49ClN4O5. The molecule has 3 rings (SSSR count). The van der Waals surface area contributed by atoms with Crippen LogP contribution in [-0.2, 0) is 19.8 Å². The smallest absolute Gasteiger partial charge is 0.274 e. The largest absolute Gasteiger partial charge is 0.390 e. The van der Waals surface area contributed by atoms with E-state index in [1.165, 1.54) is 0 Å². The Hall–Kier alpha value is -2.95. The van der Waals surface area contributed by atoms with E-state index in [-0.39, 0.29) is 42.8 Å². The number of aliphatic hydroxyl groups excluding tert-OH is 1. The molecule has 2 aromatic carbocycles. The fraction of sp³-hybridized carbons (Fsp3) is 0.515. The van der Waals surface area contributed by atoms with Gasteiger partial charge in [-0.2, -0.15) is 0 Å². The average molecular weight is 617 g/mol. The van der Waals surface area contributed by atoms with Crippen LogP contribution in [0.4, 0.5) is 0 Å². The van der Waals surface area contributed by atoms with Gasteiger partial charge in [-0.3, -0.25) is 14.4 Å². The Labute approximate surface area is 261 Å². The summed E-state index contributed by atoms with van der Waals surface area (Å²) in [6, 6.07) is 16.3. The molecule has 9 nitrogen and oxygen atoms in total. The van der Waals surface area contributed by atoms with Crippen molar-refractivity contribution in [1.29, 1.82) is 0 Å². The molecule has 3 aromatic rings. The van der Waals surface area contributed by atoms with E-state index in [4.69, 9.17) is 15.3 Å². The number of ether oxygens (including phenoxy) is 1. The van der Waals surface area contributed by atoms with Gasteiger partial charge in [0.15, 0.2) is 0 Å². The van der Waals surface area contributed by atoms with Gasteiger partial charge in [0.1, 0.15) is 0 Å². The minimum Gasteiger partial charge on any atom is -0.390 e. The summed E-state index contributed by atoms with van der Waals surface area (Å²) in [4.78, 5) is 33.9. The monoisotopic (exact) mass is 616 g/mol. The number of carbonyl (C=O) groups is 2. The minimum atomic E-state index is -0.878. The van der Waals surface area contributed by atoms with Crippen LogP contribution in [0.5, 0.6) is 0 Å². The normalized spacial score (nSPS) is 14.5. The molecule has 1 aromatic heterocycles. The molecule has 4 unspecified atom stereocenters. The highest BCUT2D eigenvalue weighted by molar-refractivity contribution is 5.94. The summed E-state index contributed by atoms with van der Waals surface area (Å²) in [5.41, 5.74) is 10.6. The number of H-pyrrole nitrogens is 1. The Morgan fingerprint density at radius 3 is 2.40 bits per heavy atom. The van der Waals surface area contributed by atoms with Crippen LogP contribution in [0, 0.1) is 11.8 Å². The van der Waals surface area contributed by atoms with Crippen LogP contribution in [-0.4, -0.2) is 60.4 Å². The molecule has 0 aliphatic rings. The van der Waals surface area contributed by atoms with Crippen LogP contribution in [0.2, 0.25) is 0 Å². The van der Waals surface area contributed by atoms with Crippen LogP contribution in [0.25, 0.3) is 10.9 Å². The Morgan fingerprint density at radius 2 is 1.72 bits per heavy atom. The van der Waals surface area contributed by atoms with E-state index < -0.39 is 17.6 Å². The van der Waals surface area contributed by atoms with E-state index in [0.717, 1.165) is 29.3 Å². The summed E-state index contributed by atoms with van der Waals surface area (Å²) in [5.74, 6) is 0.110. The fourth-order valence-corrected chi connectivity index (χ4v) is 5.25. The predicted molar refractivity (Wildman–Crippen MR) is 173 cm³/mol. The van der Waals surface area contributed by atoms with Crippen molar-refractivity contribution >= 4 is 35.1 Å². The number of methoxy groups -OCH3 is 1. The van der Waals surface area contributed by atoms with Gasteiger partial charge in [-0.05, 0) is 75.1 Å². The lowest BCUT2D eigenvalue weighted by molar-refractivity contribution is -0.126. The van der Waals surface area contributed by atoms with Crippen LogP contribution in [0.1, 0.15) is 69.3 Å². The summed E-state index contributed by atoms with van der Waals surface area (Å²) in [6.07, 6.45) is 3.85. The number of amides is 2. The number of benzene rings is 2. The van der Waals surface area contributed by atoms with Gasteiger partial charge in [-0.1, -0.05) is 50.2 Å². The molecule has 2 amide bonds. The molecule has 0 spiro atoms. The number of nitrogens with two attached hydrogens (primary N) is 1. The summed E-state index contributed by atoms with van der Waals surface area (Å²) in [5, 5.41) is 14.8. The molecule has 0 radical (unpaired) electrons. The minimum absolute atomic E-state index is 0. The van der Waals surface area contributed by atoms with Gasteiger partial charge >= 0.3 is 0 Å². The van der Waals surface area contributed by atoms with Crippen molar-refractivity contribution in [3.05, 3.63) is 71.9 Å². The van der Waals surface area contributed by atoms with Crippen molar-refractivity contribution in [3.63, 3.8) is 0 Å².